The van der Waals surface area contributed by atoms with E-state index in [0.29, 0.717) is 6.04 Å². The number of halogens is 1. The number of nitrogens with zero attached hydrogens (tertiary/aromatic N) is 2. The fraction of sp³-hybridized carbons (Fsp3) is 0.643. The van der Waals surface area contributed by atoms with Crippen LogP contribution >= 0.6 is 15.9 Å². The maximum atomic E-state index is 5.50. The Morgan fingerprint density at radius 2 is 2.22 bits per heavy atom. The summed E-state index contributed by atoms with van der Waals surface area (Å²) in [6.45, 7) is 9.09. The van der Waals surface area contributed by atoms with Crippen LogP contribution in [0.25, 0.3) is 0 Å². The Labute approximate surface area is 118 Å². The van der Waals surface area contributed by atoms with Gasteiger partial charge in [0, 0.05) is 18.1 Å². The van der Waals surface area contributed by atoms with Crippen molar-refractivity contribution in [3.8, 4) is 0 Å². The van der Waals surface area contributed by atoms with E-state index in [-0.39, 0.29) is 5.41 Å². The Bertz CT molecular complexity index is 386. The van der Waals surface area contributed by atoms with E-state index in [2.05, 4.69) is 58.7 Å². The highest BCUT2D eigenvalue weighted by Gasteiger charge is 2.23. The average Bonchev–Trinajstić information content (AvgIpc) is 2.38. The number of pyridine rings is 1. The lowest BCUT2D eigenvalue weighted by molar-refractivity contribution is 0.1000. The summed E-state index contributed by atoms with van der Waals surface area (Å²) in [7, 11) is 0. The highest BCUT2D eigenvalue weighted by atomic mass is 79.9. The predicted octanol–water partition coefficient (Wildman–Crippen LogP) is 2.98. The summed E-state index contributed by atoms with van der Waals surface area (Å²) in [4.78, 5) is 6.94. The number of hydrogen-bond donors (Lipinski definition) is 0. The Morgan fingerprint density at radius 3 is 2.78 bits per heavy atom. The molecule has 1 saturated heterocycles. The molecular formula is C14H21BrN2O. The first-order valence-electron chi connectivity index (χ1n) is 6.39. The third-order valence-corrected chi connectivity index (χ3v) is 4.06. The fourth-order valence-corrected chi connectivity index (χ4v) is 2.62. The lowest BCUT2D eigenvalue weighted by Gasteiger charge is -2.35. The molecule has 2 heterocycles. The van der Waals surface area contributed by atoms with Gasteiger partial charge < -0.3 is 9.64 Å². The Hall–Kier alpha value is -0.610. The topological polar surface area (TPSA) is 25.4 Å². The van der Waals surface area contributed by atoms with Gasteiger partial charge in [0.2, 0.25) is 0 Å². The van der Waals surface area contributed by atoms with Gasteiger partial charge in [-0.1, -0.05) is 42.8 Å². The molecule has 0 spiro atoms. The van der Waals surface area contributed by atoms with Gasteiger partial charge in [0.15, 0.2) is 0 Å². The summed E-state index contributed by atoms with van der Waals surface area (Å²) >= 11 is 3.55. The maximum Gasteiger partial charge on any atom is 0.128 e. The zero-order valence-electron chi connectivity index (χ0n) is 11.3. The first-order valence-corrected chi connectivity index (χ1v) is 7.51. The number of morpholine rings is 1. The van der Waals surface area contributed by atoms with Crippen LogP contribution in [0.15, 0.2) is 18.3 Å². The molecule has 18 heavy (non-hydrogen) atoms. The number of anilines is 1. The van der Waals surface area contributed by atoms with Gasteiger partial charge in [-0.2, -0.15) is 0 Å². The Morgan fingerprint density at radius 1 is 1.44 bits per heavy atom. The van der Waals surface area contributed by atoms with Gasteiger partial charge >= 0.3 is 0 Å². The normalized spacial score (nSPS) is 21.1. The van der Waals surface area contributed by atoms with E-state index < -0.39 is 0 Å². The van der Waals surface area contributed by atoms with E-state index in [1.54, 1.807) is 0 Å². The van der Waals surface area contributed by atoms with Crippen LogP contribution < -0.4 is 4.90 Å². The van der Waals surface area contributed by atoms with E-state index in [4.69, 9.17) is 4.74 Å². The molecule has 0 saturated carbocycles. The molecule has 0 radical (unpaired) electrons. The van der Waals surface area contributed by atoms with E-state index in [1.165, 1.54) is 5.56 Å². The van der Waals surface area contributed by atoms with Crippen molar-refractivity contribution >= 4 is 21.7 Å². The molecule has 1 fully saturated rings. The minimum atomic E-state index is 0.158. The molecule has 0 bridgehead atoms. The molecule has 0 N–H and O–H groups in total. The number of rotatable bonds is 2. The smallest absolute Gasteiger partial charge is 0.128 e. The largest absolute Gasteiger partial charge is 0.377 e. The van der Waals surface area contributed by atoms with Crippen LogP contribution in [0.1, 0.15) is 26.3 Å². The molecular weight excluding hydrogens is 292 g/mol. The van der Waals surface area contributed by atoms with Crippen LogP contribution in [0.5, 0.6) is 0 Å². The molecule has 1 unspecified atom stereocenters. The highest BCUT2D eigenvalue weighted by Crippen LogP contribution is 2.24. The number of hydrogen-bond acceptors (Lipinski definition) is 3. The molecule has 0 aromatic carbocycles. The molecule has 2 rings (SSSR count). The van der Waals surface area contributed by atoms with Gasteiger partial charge in [-0.25, -0.2) is 4.98 Å². The predicted molar refractivity (Wildman–Crippen MR) is 78.7 cm³/mol. The fourth-order valence-electron chi connectivity index (χ4n) is 2.08. The third-order valence-electron chi connectivity index (χ3n) is 3.31. The first kappa shape index (κ1) is 13.8. The van der Waals surface area contributed by atoms with E-state index >= 15 is 0 Å². The first-order chi connectivity index (χ1) is 8.52. The lowest BCUT2D eigenvalue weighted by atomic mass is 9.88. The lowest BCUT2D eigenvalue weighted by Crippen LogP contribution is -2.47. The van der Waals surface area contributed by atoms with Crippen molar-refractivity contribution in [1.82, 2.24) is 4.98 Å². The number of ether oxygens (including phenoxy) is 1. The van der Waals surface area contributed by atoms with Crippen LogP contribution in [0.2, 0.25) is 0 Å². The second kappa shape index (κ2) is 5.57. The van der Waals surface area contributed by atoms with E-state index in [0.717, 1.165) is 30.9 Å². The zero-order chi connectivity index (χ0) is 13.2. The summed E-state index contributed by atoms with van der Waals surface area (Å²) in [5.41, 5.74) is 1.43. The van der Waals surface area contributed by atoms with Gasteiger partial charge in [0.05, 0.1) is 19.3 Å². The third kappa shape index (κ3) is 3.04. The SMILES string of the molecule is CC(C)(C)c1ccc(N2CCOCC2CBr)nc1. The van der Waals surface area contributed by atoms with Crippen molar-refractivity contribution in [3.63, 3.8) is 0 Å². The van der Waals surface area contributed by atoms with Crippen molar-refractivity contribution in [2.75, 3.05) is 30.0 Å². The summed E-state index contributed by atoms with van der Waals surface area (Å²) in [6, 6.07) is 4.69. The molecule has 4 heteroatoms. The van der Waals surface area contributed by atoms with Gasteiger partial charge in [-0.3, -0.25) is 0 Å². The van der Waals surface area contributed by atoms with Crippen molar-refractivity contribution < 1.29 is 4.74 Å². The minimum absolute atomic E-state index is 0.158. The monoisotopic (exact) mass is 312 g/mol. The minimum Gasteiger partial charge on any atom is -0.377 e. The summed E-state index contributed by atoms with van der Waals surface area (Å²) in [5, 5.41) is 0.912. The maximum absolute atomic E-state index is 5.50. The van der Waals surface area contributed by atoms with Gasteiger partial charge in [0.25, 0.3) is 0 Å². The van der Waals surface area contributed by atoms with Crippen LogP contribution in [-0.2, 0) is 10.2 Å². The second-order valence-corrected chi connectivity index (χ2v) is 6.38. The van der Waals surface area contributed by atoms with Crippen LogP contribution in [0.3, 0.4) is 0 Å². The van der Waals surface area contributed by atoms with Crippen LogP contribution in [0.4, 0.5) is 5.82 Å². The van der Waals surface area contributed by atoms with E-state index in [9.17, 15) is 0 Å². The molecule has 100 valence electrons. The van der Waals surface area contributed by atoms with E-state index in [1.807, 2.05) is 6.20 Å². The quantitative estimate of drug-likeness (QED) is 0.785. The molecule has 3 nitrogen and oxygen atoms in total. The zero-order valence-corrected chi connectivity index (χ0v) is 12.9. The molecule has 1 atom stereocenters. The van der Waals surface area contributed by atoms with Gasteiger partial charge in [-0.15, -0.1) is 0 Å². The van der Waals surface area contributed by atoms with Crippen molar-refractivity contribution in [1.29, 1.82) is 0 Å². The molecule has 0 aliphatic carbocycles. The molecule has 1 aromatic heterocycles. The van der Waals surface area contributed by atoms with Crippen LogP contribution in [-0.4, -0.2) is 36.1 Å². The standard InChI is InChI=1S/C14H21BrN2O/c1-14(2,3)11-4-5-13(16-9-11)17-6-7-18-10-12(17)8-15/h4-5,9,12H,6-8,10H2,1-3H3. The van der Waals surface area contributed by atoms with Crippen molar-refractivity contribution in [2.24, 2.45) is 0 Å². The van der Waals surface area contributed by atoms with Crippen molar-refractivity contribution in [2.45, 2.75) is 32.2 Å². The van der Waals surface area contributed by atoms with Gasteiger partial charge in [0.1, 0.15) is 5.82 Å². The Kier molecular flexibility index (Phi) is 4.28. The molecule has 1 aliphatic rings. The molecule has 0 amide bonds. The number of alkyl halides is 1. The highest BCUT2D eigenvalue weighted by molar-refractivity contribution is 9.09. The van der Waals surface area contributed by atoms with Gasteiger partial charge in [-0.05, 0) is 17.0 Å². The summed E-state index contributed by atoms with van der Waals surface area (Å²) in [6.07, 6.45) is 2.00. The van der Waals surface area contributed by atoms with Crippen LogP contribution in [0, 0.1) is 0 Å². The molecule has 1 aliphatic heterocycles. The van der Waals surface area contributed by atoms with Crippen molar-refractivity contribution in [3.05, 3.63) is 23.9 Å². The number of aromatic nitrogens is 1. The molecule has 1 aromatic rings. The average molecular weight is 313 g/mol. The summed E-state index contributed by atoms with van der Waals surface area (Å²) < 4.78 is 5.50. The Balaban J connectivity index is 2.18. The summed E-state index contributed by atoms with van der Waals surface area (Å²) in [5.74, 6) is 1.05. The second-order valence-electron chi connectivity index (χ2n) is 5.73.